The van der Waals surface area contributed by atoms with Gasteiger partial charge in [0, 0.05) is 24.3 Å². The summed E-state index contributed by atoms with van der Waals surface area (Å²) < 4.78 is 28.6. The van der Waals surface area contributed by atoms with Crippen LogP contribution in [0.5, 0.6) is 0 Å². The molecule has 31 heavy (non-hydrogen) atoms. The fourth-order valence-corrected chi connectivity index (χ4v) is 7.01. The van der Waals surface area contributed by atoms with E-state index in [1.165, 1.54) is 19.3 Å². The zero-order valence-corrected chi connectivity index (χ0v) is 18.7. The minimum Gasteiger partial charge on any atom is -0.335 e. The van der Waals surface area contributed by atoms with Crippen molar-refractivity contribution in [3.63, 3.8) is 0 Å². The van der Waals surface area contributed by atoms with E-state index in [-0.39, 0.29) is 18.1 Å². The Balaban J connectivity index is 1.39. The number of nitrogens with zero attached hydrogens (tertiary/aromatic N) is 2. The quantitative estimate of drug-likeness (QED) is 0.778. The van der Waals surface area contributed by atoms with E-state index in [0.717, 1.165) is 41.8 Å². The van der Waals surface area contributed by atoms with Crippen LogP contribution in [0, 0.1) is 0 Å². The zero-order valence-electron chi connectivity index (χ0n) is 17.9. The Hall–Kier alpha value is -2.54. The van der Waals surface area contributed by atoms with Crippen LogP contribution < -0.4 is 14.5 Å². The monoisotopic (exact) mass is 439 g/mol. The highest BCUT2D eigenvalue weighted by atomic mass is 32.2. The first-order valence-electron chi connectivity index (χ1n) is 11.3. The Bertz CT molecular complexity index is 1110. The molecule has 0 unspecified atom stereocenters. The first-order chi connectivity index (χ1) is 14.9. The summed E-state index contributed by atoms with van der Waals surface area (Å²) >= 11 is 0. The number of anilines is 2. The number of sulfonamides is 1. The van der Waals surface area contributed by atoms with E-state index in [9.17, 15) is 13.2 Å². The summed E-state index contributed by atoms with van der Waals surface area (Å²) in [7, 11) is -3.67. The number of carbonyl (C=O) groups excluding carboxylic acids is 1. The average Bonchev–Trinajstić information content (AvgIpc) is 3.34. The van der Waals surface area contributed by atoms with Crippen molar-refractivity contribution in [1.29, 1.82) is 0 Å². The summed E-state index contributed by atoms with van der Waals surface area (Å²) in [5.41, 5.74) is 3.57. The van der Waals surface area contributed by atoms with Crippen LogP contribution in [0.3, 0.4) is 0 Å². The van der Waals surface area contributed by atoms with Crippen molar-refractivity contribution in [2.24, 2.45) is 0 Å². The standard InChI is InChI=1S/C24H29N3O3S/c1-17-15-18-7-5-6-10-23(18)27(17)31(29,30)21-11-12-22-19(16-21)13-14-26(22)24(28)25-20-8-3-2-4-9-20/h5-7,10-12,16-17,20H,2-4,8-9,13-15H2,1H3,(H,25,28)/t17-/m0/s1. The SMILES string of the molecule is C[C@H]1Cc2ccccc2N1S(=O)(=O)c1ccc2c(c1)CCN2C(=O)NC1CCCCC1. The van der Waals surface area contributed by atoms with Crippen molar-refractivity contribution >= 4 is 27.4 Å². The topological polar surface area (TPSA) is 69.7 Å². The van der Waals surface area contributed by atoms with Crippen molar-refractivity contribution in [3.8, 4) is 0 Å². The predicted molar refractivity (Wildman–Crippen MR) is 122 cm³/mol. The lowest BCUT2D eigenvalue weighted by atomic mass is 9.96. The highest BCUT2D eigenvalue weighted by molar-refractivity contribution is 7.92. The minimum absolute atomic E-state index is 0.0663. The molecule has 6 nitrogen and oxygen atoms in total. The first kappa shape index (κ1) is 20.4. The van der Waals surface area contributed by atoms with Crippen LogP contribution >= 0.6 is 0 Å². The number of amides is 2. The number of para-hydroxylation sites is 1. The van der Waals surface area contributed by atoms with Gasteiger partial charge >= 0.3 is 6.03 Å². The largest absolute Gasteiger partial charge is 0.335 e. The van der Waals surface area contributed by atoms with Crippen LogP contribution in [-0.2, 0) is 22.9 Å². The highest BCUT2D eigenvalue weighted by Crippen LogP contribution is 2.38. The summed E-state index contributed by atoms with van der Waals surface area (Å²) in [5, 5.41) is 3.17. The van der Waals surface area contributed by atoms with E-state index in [0.29, 0.717) is 17.9 Å². The molecule has 2 aromatic rings. The number of benzene rings is 2. The molecule has 0 radical (unpaired) electrons. The number of fused-ring (bicyclic) bond motifs is 2. The molecular weight excluding hydrogens is 410 g/mol. The molecule has 1 N–H and O–H groups in total. The van der Waals surface area contributed by atoms with E-state index in [1.54, 1.807) is 27.4 Å². The number of hydrogen-bond donors (Lipinski definition) is 1. The lowest BCUT2D eigenvalue weighted by molar-refractivity contribution is 0.238. The van der Waals surface area contributed by atoms with Crippen LogP contribution in [0.4, 0.5) is 16.2 Å². The van der Waals surface area contributed by atoms with Gasteiger partial charge in [-0.05, 0) is 68.0 Å². The molecule has 3 aliphatic rings. The number of urea groups is 1. The van der Waals surface area contributed by atoms with Gasteiger partial charge in [-0.1, -0.05) is 37.5 Å². The number of carbonyl (C=O) groups is 1. The van der Waals surface area contributed by atoms with Crippen molar-refractivity contribution in [1.82, 2.24) is 5.32 Å². The summed E-state index contributed by atoms with van der Waals surface area (Å²) in [5.74, 6) is 0. The third-order valence-electron chi connectivity index (χ3n) is 6.83. The maximum atomic E-state index is 13.5. The molecule has 1 aliphatic carbocycles. The Kier molecular flexibility index (Phi) is 5.16. The molecule has 5 rings (SSSR count). The van der Waals surface area contributed by atoms with Gasteiger partial charge in [0.2, 0.25) is 0 Å². The van der Waals surface area contributed by atoms with E-state index < -0.39 is 10.0 Å². The maximum absolute atomic E-state index is 13.5. The van der Waals surface area contributed by atoms with Crippen LogP contribution in [0.25, 0.3) is 0 Å². The van der Waals surface area contributed by atoms with Crippen molar-refractivity contribution < 1.29 is 13.2 Å². The molecule has 0 bridgehead atoms. The molecular formula is C24H29N3O3S. The van der Waals surface area contributed by atoms with E-state index in [1.807, 2.05) is 31.2 Å². The van der Waals surface area contributed by atoms with Gasteiger partial charge in [0.25, 0.3) is 10.0 Å². The van der Waals surface area contributed by atoms with Crippen LogP contribution in [0.2, 0.25) is 0 Å². The van der Waals surface area contributed by atoms with Crippen LogP contribution in [0.15, 0.2) is 47.4 Å². The maximum Gasteiger partial charge on any atom is 0.322 e. The lowest BCUT2D eigenvalue weighted by Crippen LogP contribution is -2.45. The van der Waals surface area contributed by atoms with Gasteiger partial charge in [0.15, 0.2) is 0 Å². The van der Waals surface area contributed by atoms with Crippen LogP contribution in [0.1, 0.15) is 50.2 Å². The molecule has 7 heteroatoms. The zero-order chi connectivity index (χ0) is 21.6. The van der Waals surface area contributed by atoms with Crippen molar-refractivity contribution in [2.75, 3.05) is 15.7 Å². The molecule has 2 heterocycles. The van der Waals surface area contributed by atoms with Crippen LogP contribution in [-0.4, -0.2) is 33.1 Å². The van der Waals surface area contributed by atoms with Crippen molar-refractivity contribution in [2.45, 2.75) is 68.8 Å². The summed E-state index contributed by atoms with van der Waals surface area (Å²) in [6.45, 7) is 2.53. The summed E-state index contributed by atoms with van der Waals surface area (Å²) in [6, 6.07) is 13.0. The van der Waals surface area contributed by atoms with Gasteiger partial charge in [-0.3, -0.25) is 9.21 Å². The Labute approximate surface area is 184 Å². The molecule has 1 atom stereocenters. The number of rotatable bonds is 3. The second kappa shape index (κ2) is 7.86. The summed E-state index contributed by atoms with van der Waals surface area (Å²) in [4.78, 5) is 14.9. The first-order valence-corrected chi connectivity index (χ1v) is 12.7. The molecule has 0 aromatic heterocycles. The van der Waals surface area contributed by atoms with Gasteiger partial charge in [-0.25, -0.2) is 13.2 Å². The van der Waals surface area contributed by atoms with Gasteiger partial charge in [-0.2, -0.15) is 0 Å². The van der Waals surface area contributed by atoms with Gasteiger partial charge < -0.3 is 5.32 Å². The number of hydrogen-bond acceptors (Lipinski definition) is 3. The average molecular weight is 440 g/mol. The second-order valence-corrected chi connectivity index (χ2v) is 10.8. The van der Waals surface area contributed by atoms with Gasteiger partial charge in [0.05, 0.1) is 10.6 Å². The van der Waals surface area contributed by atoms with Crippen molar-refractivity contribution in [3.05, 3.63) is 53.6 Å². The third-order valence-corrected chi connectivity index (χ3v) is 8.75. The lowest BCUT2D eigenvalue weighted by Gasteiger charge is -2.27. The molecule has 1 saturated carbocycles. The van der Waals surface area contributed by atoms with E-state index in [4.69, 9.17) is 0 Å². The van der Waals surface area contributed by atoms with Gasteiger partial charge in [0.1, 0.15) is 0 Å². The molecule has 2 aromatic carbocycles. The molecule has 1 fully saturated rings. The molecule has 0 saturated heterocycles. The van der Waals surface area contributed by atoms with E-state index in [2.05, 4.69) is 5.32 Å². The smallest absolute Gasteiger partial charge is 0.322 e. The predicted octanol–water partition coefficient (Wildman–Crippen LogP) is 4.23. The molecule has 164 valence electrons. The number of nitrogens with one attached hydrogen (secondary N) is 1. The van der Waals surface area contributed by atoms with E-state index >= 15 is 0 Å². The van der Waals surface area contributed by atoms with Gasteiger partial charge in [-0.15, -0.1) is 0 Å². The Morgan fingerprint density at radius 2 is 1.77 bits per heavy atom. The summed E-state index contributed by atoms with van der Waals surface area (Å²) in [6.07, 6.45) is 7.05. The fraction of sp³-hybridized carbons (Fsp3) is 0.458. The Morgan fingerprint density at radius 3 is 2.58 bits per heavy atom. The highest BCUT2D eigenvalue weighted by Gasteiger charge is 2.37. The normalized spacial score (nSPS) is 21.1. The molecule has 2 amide bonds. The Morgan fingerprint density at radius 1 is 1.00 bits per heavy atom. The minimum atomic E-state index is -3.67. The third kappa shape index (κ3) is 3.59. The molecule has 2 aliphatic heterocycles. The molecule has 0 spiro atoms. The fourth-order valence-electron chi connectivity index (χ4n) is 5.27. The second-order valence-electron chi connectivity index (χ2n) is 8.96.